The minimum Gasteiger partial charge on any atom is -0.287 e. The van der Waals surface area contributed by atoms with Gasteiger partial charge in [-0.3, -0.25) is 9.36 Å². The zero-order chi connectivity index (χ0) is 8.55. The highest BCUT2D eigenvalue weighted by Crippen LogP contribution is 2.20. The van der Waals surface area contributed by atoms with Crippen LogP contribution in [0.3, 0.4) is 0 Å². The number of thioether (sulfide) groups is 1. The molecule has 3 nitrogen and oxygen atoms in total. The topological polar surface area (TPSA) is 34.9 Å². The summed E-state index contributed by atoms with van der Waals surface area (Å²) in [6, 6.07) is 1.63. The van der Waals surface area contributed by atoms with Gasteiger partial charge in [-0.15, -0.1) is 0 Å². The van der Waals surface area contributed by atoms with Gasteiger partial charge in [-0.2, -0.15) is 0 Å². The van der Waals surface area contributed by atoms with Gasteiger partial charge in [0.1, 0.15) is 0 Å². The fourth-order valence-corrected chi connectivity index (χ4v) is 2.23. The predicted molar refractivity (Wildman–Crippen MR) is 48.6 cm³/mol. The van der Waals surface area contributed by atoms with Gasteiger partial charge < -0.3 is 0 Å². The molecule has 0 aliphatic carbocycles. The van der Waals surface area contributed by atoms with Crippen LogP contribution in [0.1, 0.15) is 12.6 Å². The Morgan fingerprint density at radius 2 is 2.58 bits per heavy atom. The van der Waals surface area contributed by atoms with Crippen LogP contribution in [0, 0.1) is 0 Å². The van der Waals surface area contributed by atoms with Gasteiger partial charge in [0.25, 0.3) is 5.56 Å². The normalized spacial score (nSPS) is 14.8. The largest absolute Gasteiger partial charge is 0.287 e. The molecule has 1 aliphatic rings. The van der Waals surface area contributed by atoms with E-state index < -0.39 is 0 Å². The van der Waals surface area contributed by atoms with Crippen molar-refractivity contribution in [2.45, 2.75) is 25.0 Å². The average Bonchev–Trinajstić information content (AvgIpc) is 2.52. The highest BCUT2D eigenvalue weighted by atomic mass is 32.2. The SMILES string of the molecule is CCc1cc(=O)n2c(n1)SCC2. The maximum atomic E-state index is 11.4. The number of fused-ring (bicyclic) bond motifs is 1. The monoisotopic (exact) mass is 182 g/mol. The average molecular weight is 182 g/mol. The molecule has 0 N–H and O–H groups in total. The van der Waals surface area contributed by atoms with E-state index in [1.807, 2.05) is 6.92 Å². The first-order chi connectivity index (χ1) is 5.81. The van der Waals surface area contributed by atoms with E-state index in [-0.39, 0.29) is 5.56 Å². The lowest BCUT2D eigenvalue weighted by molar-refractivity contribution is 0.644. The summed E-state index contributed by atoms with van der Waals surface area (Å²) in [6.07, 6.45) is 0.837. The van der Waals surface area contributed by atoms with E-state index in [4.69, 9.17) is 0 Å². The van der Waals surface area contributed by atoms with E-state index in [2.05, 4.69) is 4.98 Å². The first-order valence-electron chi connectivity index (χ1n) is 4.05. The molecule has 4 heteroatoms. The third kappa shape index (κ3) is 1.16. The van der Waals surface area contributed by atoms with E-state index in [1.54, 1.807) is 22.4 Å². The third-order valence-electron chi connectivity index (χ3n) is 1.93. The van der Waals surface area contributed by atoms with E-state index >= 15 is 0 Å². The van der Waals surface area contributed by atoms with Crippen LogP contribution >= 0.6 is 11.8 Å². The van der Waals surface area contributed by atoms with Crippen LogP contribution in [-0.4, -0.2) is 15.3 Å². The molecule has 0 radical (unpaired) electrons. The van der Waals surface area contributed by atoms with Crippen molar-refractivity contribution < 1.29 is 0 Å². The second-order valence-corrected chi connectivity index (χ2v) is 3.78. The molecule has 0 saturated carbocycles. The maximum Gasteiger partial charge on any atom is 0.254 e. The van der Waals surface area contributed by atoms with Gasteiger partial charge in [0.15, 0.2) is 5.16 Å². The number of hydrogen-bond donors (Lipinski definition) is 0. The molecule has 12 heavy (non-hydrogen) atoms. The molecule has 0 saturated heterocycles. The molecule has 0 atom stereocenters. The van der Waals surface area contributed by atoms with Gasteiger partial charge in [0.05, 0.1) is 0 Å². The summed E-state index contributed by atoms with van der Waals surface area (Å²) in [4.78, 5) is 15.8. The Balaban J connectivity index is 2.59. The second-order valence-electron chi connectivity index (χ2n) is 2.72. The molecule has 2 rings (SSSR count). The number of aromatic nitrogens is 2. The van der Waals surface area contributed by atoms with E-state index in [0.29, 0.717) is 0 Å². The lowest BCUT2D eigenvalue weighted by Crippen LogP contribution is -2.20. The first kappa shape index (κ1) is 7.86. The Morgan fingerprint density at radius 1 is 1.75 bits per heavy atom. The van der Waals surface area contributed by atoms with Crippen LogP contribution in [0.5, 0.6) is 0 Å². The molecular formula is C8H10N2OS. The molecule has 1 aromatic heterocycles. The van der Waals surface area contributed by atoms with Crippen molar-refractivity contribution in [2.24, 2.45) is 0 Å². The molecular weight excluding hydrogens is 172 g/mol. The van der Waals surface area contributed by atoms with Gasteiger partial charge in [0.2, 0.25) is 0 Å². The zero-order valence-corrected chi connectivity index (χ0v) is 7.73. The predicted octanol–water partition coefficient (Wildman–Crippen LogP) is 0.911. The highest BCUT2D eigenvalue weighted by Gasteiger charge is 2.13. The fraction of sp³-hybridized carbons (Fsp3) is 0.500. The van der Waals surface area contributed by atoms with Crippen molar-refractivity contribution in [2.75, 3.05) is 5.75 Å². The lowest BCUT2D eigenvalue weighted by Gasteiger charge is -2.01. The summed E-state index contributed by atoms with van der Waals surface area (Å²) < 4.78 is 1.74. The Labute approximate surface area is 74.8 Å². The summed E-state index contributed by atoms with van der Waals surface area (Å²) >= 11 is 1.66. The number of hydrogen-bond acceptors (Lipinski definition) is 3. The van der Waals surface area contributed by atoms with Crippen molar-refractivity contribution in [3.8, 4) is 0 Å². The van der Waals surface area contributed by atoms with E-state index in [1.165, 1.54) is 0 Å². The molecule has 0 spiro atoms. The minimum absolute atomic E-state index is 0.0989. The van der Waals surface area contributed by atoms with Crippen LogP contribution in [0.25, 0.3) is 0 Å². The molecule has 0 aromatic carbocycles. The van der Waals surface area contributed by atoms with Crippen LogP contribution in [0.4, 0.5) is 0 Å². The quantitative estimate of drug-likeness (QED) is 0.605. The standard InChI is InChI=1S/C8H10N2OS/c1-2-6-5-7(11)10-3-4-12-8(10)9-6/h5H,2-4H2,1H3. The molecule has 0 amide bonds. The smallest absolute Gasteiger partial charge is 0.254 e. The zero-order valence-electron chi connectivity index (χ0n) is 6.91. The van der Waals surface area contributed by atoms with Crippen LogP contribution in [0.15, 0.2) is 16.0 Å². The summed E-state index contributed by atoms with van der Waals surface area (Å²) in [7, 11) is 0. The first-order valence-corrected chi connectivity index (χ1v) is 5.03. The summed E-state index contributed by atoms with van der Waals surface area (Å²) in [5.41, 5.74) is 1.00. The van der Waals surface area contributed by atoms with Gasteiger partial charge in [-0.05, 0) is 6.42 Å². The third-order valence-corrected chi connectivity index (χ3v) is 2.89. The molecule has 0 bridgehead atoms. The number of aryl methyl sites for hydroxylation is 1. The van der Waals surface area contributed by atoms with Crippen LogP contribution < -0.4 is 5.56 Å². The van der Waals surface area contributed by atoms with Crippen LogP contribution in [0.2, 0.25) is 0 Å². The van der Waals surface area contributed by atoms with Crippen LogP contribution in [-0.2, 0) is 13.0 Å². The Morgan fingerprint density at radius 3 is 3.33 bits per heavy atom. The van der Waals surface area contributed by atoms with E-state index in [9.17, 15) is 4.79 Å². The molecule has 1 aliphatic heterocycles. The van der Waals surface area contributed by atoms with Gasteiger partial charge in [0, 0.05) is 24.1 Å². The molecule has 2 heterocycles. The minimum atomic E-state index is 0.0989. The Bertz CT molecular complexity index is 359. The number of rotatable bonds is 1. The molecule has 0 unspecified atom stereocenters. The van der Waals surface area contributed by atoms with Crippen molar-refractivity contribution >= 4 is 11.8 Å². The second kappa shape index (κ2) is 2.94. The van der Waals surface area contributed by atoms with Crippen molar-refractivity contribution in [3.63, 3.8) is 0 Å². The lowest BCUT2D eigenvalue weighted by atomic mass is 10.3. The summed E-state index contributed by atoms with van der Waals surface area (Å²) in [5, 5.41) is 0.888. The number of nitrogens with zero attached hydrogens (tertiary/aromatic N) is 2. The summed E-state index contributed by atoms with van der Waals surface area (Å²) in [5.74, 6) is 0.982. The van der Waals surface area contributed by atoms with E-state index in [0.717, 1.165) is 29.6 Å². The van der Waals surface area contributed by atoms with Gasteiger partial charge >= 0.3 is 0 Å². The van der Waals surface area contributed by atoms with Crippen molar-refractivity contribution in [1.82, 2.24) is 9.55 Å². The Kier molecular flexibility index (Phi) is 1.92. The summed E-state index contributed by atoms with van der Waals surface area (Å²) in [6.45, 7) is 2.83. The maximum absolute atomic E-state index is 11.4. The van der Waals surface area contributed by atoms with Crippen molar-refractivity contribution in [3.05, 3.63) is 22.1 Å². The fourth-order valence-electron chi connectivity index (χ4n) is 1.26. The highest BCUT2D eigenvalue weighted by molar-refractivity contribution is 7.99. The van der Waals surface area contributed by atoms with Gasteiger partial charge in [-0.25, -0.2) is 4.98 Å². The van der Waals surface area contributed by atoms with Gasteiger partial charge in [-0.1, -0.05) is 18.7 Å². The molecule has 0 fully saturated rings. The molecule has 1 aromatic rings. The Hall–Kier alpha value is -0.770. The molecule has 64 valence electrons. The van der Waals surface area contributed by atoms with Crippen molar-refractivity contribution in [1.29, 1.82) is 0 Å².